The zero-order chi connectivity index (χ0) is 19.5. The molecule has 1 aliphatic rings. The summed E-state index contributed by atoms with van der Waals surface area (Å²) < 4.78 is 7.79. The molecule has 0 spiro atoms. The first kappa shape index (κ1) is 19.0. The van der Waals surface area contributed by atoms with Gasteiger partial charge in [-0.15, -0.1) is 0 Å². The summed E-state index contributed by atoms with van der Waals surface area (Å²) in [4.78, 5) is 12.5. The molecule has 1 unspecified atom stereocenters. The van der Waals surface area contributed by atoms with E-state index in [1.807, 2.05) is 22.9 Å². The van der Waals surface area contributed by atoms with Gasteiger partial charge in [0.15, 0.2) is 0 Å². The Hall–Kier alpha value is -2.34. The minimum atomic E-state index is -0.282. The van der Waals surface area contributed by atoms with Crippen molar-refractivity contribution >= 4 is 29.1 Å². The number of nitrogens with one attached hydrogen (secondary N) is 1. The lowest BCUT2D eigenvalue weighted by Crippen LogP contribution is -2.32. The largest absolute Gasteiger partial charge is 0.370 e. The van der Waals surface area contributed by atoms with Crippen LogP contribution in [-0.2, 0) is 17.7 Å². The normalized spacial score (nSPS) is 15.9. The summed E-state index contributed by atoms with van der Waals surface area (Å²) in [5.41, 5.74) is 3.61. The van der Waals surface area contributed by atoms with Gasteiger partial charge in [-0.1, -0.05) is 53.5 Å². The van der Waals surface area contributed by atoms with E-state index < -0.39 is 0 Å². The van der Waals surface area contributed by atoms with Gasteiger partial charge in [-0.05, 0) is 35.7 Å². The van der Waals surface area contributed by atoms with E-state index in [9.17, 15) is 4.79 Å². The summed E-state index contributed by atoms with van der Waals surface area (Å²) in [6, 6.07) is 15.0. The van der Waals surface area contributed by atoms with Crippen molar-refractivity contribution in [3.05, 3.63) is 87.2 Å². The highest BCUT2D eigenvalue weighted by Gasteiger charge is 2.25. The van der Waals surface area contributed by atoms with Crippen LogP contribution in [0.1, 0.15) is 33.3 Å². The molecule has 0 radical (unpaired) electrons. The lowest BCUT2D eigenvalue weighted by atomic mass is 10.1. The second-order valence-corrected chi connectivity index (χ2v) is 7.51. The van der Waals surface area contributed by atoms with E-state index in [-0.39, 0.29) is 12.0 Å². The van der Waals surface area contributed by atoms with Crippen LogP contribution >= 0.6 is 23.2 Å². The van der Waals surface area contributed by atoms with Gasteiger partial charge in [0.2, 0.25) is 0 Å². The van der Waals surface area contributed by atoms with Crippen LogP contribution in [0.15, 0.2) is 54.7 Å². The molecular weight excluding hydrogens is 397 g/mol. The number of aromatic nitrogens is 2. The quantitative estimate of drug-likeness (QED) is 0.676. The molecule has 1 aliphatic heterocycles. The predicted molar refractivity (Wildman–Crippen MR) is 109 cm³/mol. The maximum Gasteiger partial charge on any atom is 0.252 e. The molecular formula is C21H19Cl2N3O2. The average molecular weight is 416 g/mol. The molecule has 0 saturated carbocycles. The zero-order valence-electron chi connectivity index (χ0n) is 15.1. The van der Waals surface area contributed by atoms with Crippen molar-refractivity contribution in [3.8, 4) is 0 Å². The molecule has 4 rings (SSSR count). The molecule has 2 heterocycles. The van der Waals surface area contributed by atoms with Crippen LogP contribution in [0.3, 0.4) is 0 Å². The SMILES string of the molecule is O=C(NCC1OCCc2cn(Cc3ccccc3)nc21)c1ccc(Cl)cc1Cl. The summed E-state index contributed by atoms with van der Waals surface area (Å²) in [6.07, 6.45) is 2.60. The minimum Gasteiger partial charge on any atom is -0.370 e. The molecule has 0 bridgehead atoms. The predicted octanol–water partition coefficient (Wildman–Crippen LogP) is 4.28. The Balaban J connectivity index is 1.45. The maximum atomic E-state index is 12.5. The van der Waals surface area contributed by atoms with Crippen molar-refractivity contribution in [2.24, 2.45) is 0 Å². The van der Waals surface area contributed by atoms with Crippen LogP contribution in [0.25, 0.3) is 0 Å². The molecule has 2 aromatic carbocycles. The van der Waals surface area contributed by atoms with Gasteiger partial charge >= 0.3 is 0 Å². The first-order valence-corrected chi connectivity index (χ1v) is 9.81. The first-order chi connectivity index (χ1) is 13.6. The van der Waals surface area contributed by atoms with Gasteiger partial charge in [0.25, 0.3) is 5.91 Å². The average Bonchev–Trinajstić information content (AvgIpc) is 3.10. The van der Waals surface area contributed by atoms with Crippen molar-refractivity contribution in [1.82, 2.24) is 15.1 Å². The maximum absolute atomic E-state index is 12.5. The molecule has 7 heteroatoms. The number of rotatable bonds is 5. The fourth-order valence-corrected chi connectivity index (χ4v) is 3.79. The zero-order valence-corrected chi connectivity index (χ0v) is 16.6. The van der Waals surface area contributed by atoms with E-state index in [0.29, 0.717) is 35.3 Å². The van der Waals surface area contributed by atoms with E-state index in [2.05, 4.69) is 23.6 Å². The topological polar surface area (TPSA) is 56.1 Å². The number of ether oxygens (including phenoxy) is 1. The van der Waals surface area contributed by atoms with Gasteiger partial charge in [0, 0.05) is 17.8 Å². The van der Waals surface area contributed by atoms with Gasteiger partial charge in [0.05, 0.1) is 29.4 Å². The van der Waals surface area contributed by atoms with Crippen LogP contribution in [0, 0.1) is 0 Å². The molecule has 1 aromatic heterocycles. The van der Waals surface area contributed by atoms with Gasteiger partial charge in [-0.3, -0.25) is 9.48 Å². The third-order valence-electron chi connectivity index (χ3n) is 4.68. The third-order valence-corrected chi connectivity index (χ3v) is 5.22. The number of nitrogens with zero attached hydrogens (tertiary/aromatic N) is 2. The summed E-state index contributed by atoms with van der Waals surface area (Å²) in [5.74, 6) is -0.263. The highest BCUT2D eigenvalue weighted by atomic mass is 35.5. The van der Waals surface area contributed by atoms with Crippen molar-refractivity contribution in [1.29, 1.82) is 0 Å². The highest BCUT2D eigenvalue weighted by molar-refractivity contribution is 6.36. The Labute approximate surface area is 173 Å². The van der Waals surface area contributed by atoms with Crippen LogP contribution in [-0.4, -0.2) is 28.8 Å². The lowest BCUT2D eigenvalue weighted by molar-refractivity contribution is 0.0383. The van der Waals surface area contributed by atoms with Crippen molar-refractivity contribution in [2.75, 3.05) is 13.2 Å². The van der Waals surface area contributed by atoms with Crippen molar-refractivity contribution < 1.29 is 9.53 Å². The third kappa shape index (κ3) is 4.22. The van der Waals surface area contributed by atoms with Crippen LogP contribution in [0.2, 0.25) is 10.0 Å². The molecule has 28 heavy (non-hydrogen) atoms. The summed E-state index contributed by atoms with van der Waals surface area (Å²) >= 11 is 12.0. The molecule has 0 saturated heterocycles. The number of carbonyl (C=O) groups excluding carboxylic acids is 1. The summed E-state index contributed by atoms with van der Waals surface area (Å²) in [7, 11) is 0. The number of amides is 1. The molecule has 1 amide bonds. The Kier molecular flexibility index (Phi) is 5.67. The molecule has 1 atom stereocenters. The molecule has 1 N–H and O–H groups in total. The van der Waals surface area contributed by atoms with Crippen molar-refractivity contribution in [2.45, 2.75) is 19.1 Å². The fraction of sp³-hybridized carbons (Fsp3) is 0.238. The smallest absolute Gasteiger partial charge is 0.252 e. The molecule has 5 nitrogen and oxygen atoms in total. The van der Waals surface area contributed by atoms with E-state index in [4.69, 9.17) is 33.0 Å². The number of carbonyl (C=O) groups is 1. The van der Waals surface area contributed by atoms with Crippen LogP contribution < -0.4 is 5.32 Å². The molecule has 0 fully saturated rings. The molecule has 0 aliphatic carbocycles. The number of fused-ring (bicyclic) bond motifs is 1. The highest BCUT2D eigenvalue weighted by Crippen LogP contribution is 2.26. The number of benzene rings is 2. The fourth-order valence-electron chi connectivity index (χ4n) is 3.29. The standard InChI is InChI=1S/C21H19Cl2N3O2/c22-16-6-7-17(18(23)10-16)21(27)24-11-19-20-15(8-9-28-19)13-26(25-20)12-14-4-2-1-3-5-14/h1-7,10,13,19H,8-9,11-12H2,(H,24,27). The Morgan fingerprint density at radius 1 is 1.21 bits per heavy atom. The van der Waals surface area contributed by atoms with E-state index in [0.717, 1.165) is 17.7 Å². The van der Waals surface area contributed by atoms with Gasteiger partial charge in [-0.25, -0.2) is 0 Å². The van der Waals surface area contributed by atoms with E-state index >= 15 is 0 Å². The lowest BCUT2D eigenvalue weighted by Gasteiger charge is -2.22. The monoisotopic (exact) mass is 415 g/mol. The number of hydrogen-bond donors (Lipinski definition) is 1. The minimum absolute atomic E-state index is 0.263. The van der Waals surface area contributed by atoms with Gasteiger partial charge in [-0.2, -0.15) is 5.10 Å². The molecule has 3 aromatic rings. The van der Waals surface area contributed by atoms with Crippen LogP contribution in [0.4, 0.5) is 0 Å². The van der Waals surface area contributed by atoms with Gasteiger partial charge < -0.3 is 10.1 Å². The Bertz CT molecular complexity index is 989. The summed E-state index contributed by atoms with van der Waals surface area (Å²) in [6.45, 7) is 1.63. The Morgan fingerprint density at radius 2 is 2.04 bits per heavy atom. The van der Waals surface area contributed by atoms with Crippen molar-refractivity contribution in [3.63, 3.8) is 0 Å². The molecule has 144 valence electrons. The van der Waals surface area contributed by atoms with Crippen LogP contribution in [0.5, 0.6) is 0 Å². The van der Waals surface area contributed by atoms with Gasteiger partial charge in [0.1, 0.15) is 6.10 Å². The van der Waals surface area contributed by atoms with E-state index in [1.165, 1.54) is 5.56 Å². The van der Waals surface area contributed by atoms with E-state index in [1.54, 1.807) is 18.2 Å². The first-order valence-electron chi connectivity index (χ1n) is 9.05. The number of hydrogen-bond acceptors (Lipinski definition) is 3. The number of halogens is 2. The second-order valence-electron chi connectivity index (χ2n) is 6.67. The summed E-state index contributed by atoms with van der Waals surface area (Å²) in [5, 5.41) is 8.41. The Morgan fingerprint density at radius 3 is 2.82 bits per heavy atom. The second kappa shape index (κ2) is 8.35.